The van der Waals surface area contributed by atoms with E-state index in [-0.39, 0.29) is 5.91 Å². The first kappa shape index (κ1) is 15.0. The lowest BCUT2D eigenvalue weighted by atomic mass is 10.1. The molecule has 0 unspecified atom stereocenters. The Kier molecular flexibility index (Phi) is 7.86. The Balaban J connectivity index is 1.93. The van der Waals surface area contributed by atoms with Gasteiger partial charge in [-0.2, -0.15) is 0 Å². The molecule has 1 rings (SSSR count). The minimum absolute atomic E-state index is 0.197. The number of thioether (sulfide) groups is 1. The molecule has 1 aliphatic heterocycles. The fraction of sp³-hybridized carbons (Fsp3) is 0.846. The summed E-state index contributed by atoms with van der Waals surface area (Å²) in [5.41, 5.74) is 0. The van der Waals surface area contributed by atoms with Gasteiger partial charge in [-0.3, -0.25) is 9.69 Å². The fourth-order valence-corrected chi connectivity index (χ4v) is 3.12. The summed E-state index contributed by atoms with van der Waals surface area (Å²) in [7, 11) is 0. The maximum atomic E-state index is 11.4. The van der Waals surface area contributed by atoms with E-state index in [4.69, 9.17) is 12.2 Å². The molecule has 0 N–H and O–H groups in total. The molecule has 0 atom stereocenters. The second-order valence-corrected chi connectivity index (χ2v) is 6.18. The fourth-order valence-electron chi connectivity index (χ4n) is 2.00. The van der Waals surface area contributed by atoms with Crippen LogP contribution in [-0.2, 0) is 4.79 Å². The number of nitrogens with zero attached hydrogens (tertiary/aromatic N) is 1. The zero-order chi connectivity index (χ0) is 12.5. The average molecular weight is 273 g/mol. The third-order valence-electron chi connectivity index (χ3n) is 3.08. The van der Waals surface area contributed by atoms with Crippen LogP contribution in [0.5, 0.6) is 0 Å². The lowest BCUT2D eigenvalue weighted by molar-refractivity contribution is -0.124. The monoisotopic (exact) mass is 273 g/mol. The molecular formula is C13H23NOS2. The van der Waals surface area contributed by atoms with Crippen LogP contribution in [0, 0.1) is 0 Å². The predicted octanol–water partition coefficient (Wildman–Crippen LogP) is 3.99. The minimum Gasteiger partial charge on any atom is -0.297 e. The Morgan fingerprint density at radius 2 is 1.71 bits per heavy atom. The van der Waals surface area contributed by atoms with Gasteiger partial charge in [0, 0.05) is 6.54 Å². The molecule has 0 aromatic carbocycles. The highest BCUT2D eigenvalue weighted by Gasteiger charge is 2.25. The van der Waals surface area contributed by atoms with Crippen LogP contribution in [0.1, 0.15) is 58.3 Å². The van der Waals surface area contributed by atoms with Crippen LogP contribution in [0.2, 0.25) is 0 Å². The quantitative estimate of drug-likeness (QED) is 0.468. The molecule has 98 valence electrons. The van der Waals surface area contributed by atoms with Crippen molar-refractivity contribution >= 4 is 34.2 Å². The molecule has 1 aliphatic rings. The van der Waals surface area contributed by atoms with E-state index < -0.39 is 0 Å². The van der Waals surface area contributed by atoms with E-state index in [1.165, 1.54) is 56.7 Å². The van der Waals surface area contributed by atoms with Crippen molar-refractivity contribution in [1.29, 1.82) is 0 Å². The molecule has 1 amide bonds. The van der Waals surface area contributed by atoms with Gasteiger partial charge in [0.15, 0.2) is 0 Å². The third kappa shape index (κ3) is 5.87. The zero-order valence-electron chi connectivity index (χ0n) is 10.7. The largest absolute Gasteiger partial charge is 0.297 e. The Morgan fingerprint density at radius 1 is 1.12 bits per heavy atom. The maximum absolute atomic E-state index is 11.4. The van der Waals surface area contributed by atoms with Crippen molar-refractivity contribution in [1.82, 2.24) is 4.90 Å². The SMILES string of the molecule is CCCCCCCCCCN1C(=O)CSC1=S. The highest BCUT2D eigenvalue weighted by atomic mass is 32.2. The summed E-state index contributed by atoms with van der Waals surface area (Å²) in [6.07, 6.45) is 10.4. The van der Waals surface area contributed by atoms with Crippen molar-refractivity contribution in [2.45, 2.75) is 58.3 Å². The molecule has 0 radical (unpaired) electrons. The van der Waals surface area contributed by atoms with E-state index in [1.54, 1.807) is 4.90 Å². The molecular weight excluding hydrogens is 250 g/mol. The van der Waals surface area contributed by atoms with Gasteiger partial charge in [-0.05, 0) is 6.42 Å². The van der Waals surface area contributed by atoms with E-state index in [2.05, 4.69) is 6.92 Å². The summed E-state index contributed by atoms with van der Waals surface area (Å²) in [5, 5.41) is 0. The van der Waals surface area contributed by atoms with Crippen LogP contribution in [0.15, 0.2) is 0 Å². The summed E-state index contributed by atoms with van der Waals surface area (Å²) in [6, 6.07) is 0. The summed E-state index contributed by atoms with van der Waals surface area (Å²) in [5.74, 6) is 0.749. The number of hydrogen-bond donors (Lipinski definition) is 0. The summed E-state index contributed by atoms with van der Waals surface area (Å²) in [4.78, 5) is 13.2. The van der Waals surface area contributed by atoms with E-state index in [0.717, 1.165) is 17.3 Å². The Hall–Kier alpha value is -0.0900. The number of carbonyl (C=O) groups is 1. The zero-order valence-corrected chi connectivity index (χ0v) is 12.4. The van der Waals surface area contributed by atoms with Gasteiger partial charge in [0.05, 0.1) is 5.75 Å². The number of amides is 1. The smallest absolute Gasteiger partial charge is 0.238 e. The average Bonchev–Trinajstić information content (AvgIpc) is 2.63. The maximum Gasteiger partial charge on any atom is 0.238 e. The van der Waals surface area contributed by atoms with Crippen molar-refractivity contribution < 1.29 is 4.79 Å². The first-order valence-corrected chi connectivity index (χ1v) is 8.12. The second kappa shape index (κ2) is 8.92. The third-order valence-corrected chi connectivity index (χ3v) is 4.51. The molecule has 1 fully saturated rings. The van der Waals surface area contributed by atoms with Gasteiger partial charge in [-0.15, -0.1) is 0 Å². The Morgan fingerprint density at radius 3 is 2.24 bits per heavy atom. The number of unbranched alkanes of at least 4 members (excludes halogenated alkanes) is 7. The molecule has 0 aromatic rings. The van der Waals surface area contributed by atoms with Gasteiger partial charge in [0.25, 0.3) is 0 Å². The minimum atomic E-state index is 0.197. The molecule has 1 saturated heterocycles. The van der Waals surface area contributed by atoms with E-state index in [9.17, 15) is 4.79 Å². The molecule has 2 nitrogen and oxygen atoms in total. The van der Waals surface area contributed by atoms with Gasteiger partial charge in [0.1, 0.15) is 4.32 Å². The van der Waals surface area contributed by atoms with Crippen molar-refractivity contribution in [3.05, 3.63) is 0 Å². The van der Waals surface area contributed by atoms with Crippen molar-refractivity contribution in [3.8, 4) is 0 Å². The molecule has 0 saturated carbocycles. The van der Waals surface area contributed by atoms with Crippen molar-refractivity contribution in [3.63, 3.8) is 0 Å². The standard InChI is InChI=1S/C13H23NOS2/c1-2-3-4-5-6-7-8-9-10-14-12(15)11-17-13(14)16/h2-11H2,1H3. The van der Waals surface area contributed by atoms with Crippen molar-refractivity contribution in [2.24, 2.45) is 0 Å². The first-order valence-electron chi connectivity index (χ1n) is 6.73. The predicted molar refractivity (Wildman–Crippen MR) is 79.4 cm³/mol. The van der Waals surface area contributed by atoms with Gasteiger partial charge in [-0.25, -0.2) is 0 Å². The Bertz CT molecular complexity index is 240. The first-order chi connectivity index (χ1) is 8.25. The highest BCUT2D eigenvalue weighted by Crippen LogP contribution is 2.20. The van der Waals surface area contributed by atoms with Gasteiger partial charge < -0.3 is 0 Å². The second-order valence-electron chi connectivity index (χ2n) is 4.57. The van der Waals surface area contributed by atoms with E-state index in [1.807, 2.05) is 0 Å². The van der Waals surface area contributed by atoms with Crippen LogP contribution in [0.3, 0.4) is 0 Å². The molecule has 4 heteroatoms. The van der Waals surface area contributed by atoms with Crippen molar-refractivity contribution in [2.75, 3.05) is 12.3 Å². The number of rotatable bonds is 9. The molecule has 0 bridgehead atoms. The summed E-state index contributed by atoms with van der Waals surface area (Å²) < 4.78 is 0.776. The van der Waals surface area contributed by atoms with Crippen LogP contribution in [0.25, 0.3) is 0 Å². The van der Waals surface area contributed by atoms with Gasteiger partial charge >= 0.3 is 0 Å². The van der Waals surface area contributed by atoms with Crippen LogP contribution in [-0.4, -0.2) is 27.4 Å². The lowest BCUT2D eigenvalue weighted by Crippen LogP contribution is -2.29. The molecule has 1 heterocycles. The van der Waals surface area contributed by atoms with Gasteiger partial charge in [0.2, 0.25) is 5.91 Å². The summed E-state index contributed by atoms with van der Waals surface area (Å²) >= 11 is 6.63. The lowest BCUT2D eigenvalue weighted by Gasteiger charge is -2.14. The molecule has 0 aliphatic carbocycles. The highest BCUT2D eigenvalue weighted by molar-refractivity contribution is 8.23. The van der Waals surface area contributed by atoms with E-state index in [0.29, 0.717) is 5.75 Å². The van der Waals surface area contributed by atoms with Crippen LogP contribution in [0.4, 0.5) is 0 Å². The topological polar surface area (TPSA) is 20.3 Å². The van der Waals surface area contributed by atoms with Gasteiger partial charge in [-0.1, -0.05) is 75.8 Å². The van der Waals surface area contributed by atoms with E-state index >= 15 is 0 Å². The number of carbonyl (C=O) groups excluding carboxylic acids is 1. The normalized spacial score (nSPS) is 15.9. The Labute approximate surface area is 115 Å². The molecule has 17 heavy (non-hydrogen) atoms. The number of hydrogen-bond acceptors (Lipinski definition) is 3. The summed E-state index contributed by atoms with van der Waals surface area (Å²) in [6.45, 7) is 3.08. The molecule has 0 aromatic heterocycles. The molecule has 0 spiro atoms. The number of thiocarbonyl (C=S) groups is 1. The van der Waals surface area contributed by atoms with Crippen LogP contribution < -0.4 is 0 Å². The van der Waals surface area contributed by atoms with Crippen LogP contribution >= 0.6 is 24.0 Å².